The summed E-state index contributed by atoms with van der Waals surface area (Å²) in [6.07, 6.45) is 3.66. The number of fused-ring (bicyclic) bond motifs is 1. The molecule has 0 unspecified atom stereocenters. The number of aliphatic carboxylic acids is 1. The SMILES string of the molecule is CC(=O)N1CCc2cc(CCCCC(=O)O)ccc21. The predicted molar refractivity (Wildman–Crippen MR) is 73.4 cm³/mol. The van der Waals surface area contributed by atoms with Crippen LogP contribution in [0.15, 0.2) is 18.2 Å². The number of anilines is 1. The van der Waals surface area contributed by atoms with Gasteiger partial charge in [-0.25, -0.2) is 0 Å². The van der Waals surface area contributed by atoms with Gasteiger partial charge in [0.25, 0.3) is 0 Å². The fourth-order valence-electron chi connectivity index (χ4n) is 2.54. The first-order valence-corrected chi connectivity index (χ1v) is 6.69. The van der Waals surface area contributed by atoms with E-state index in [4.69, 9.17) is 5.11 Å². The molecule has 0 fully saturated rings. The predicted octanol–water partition coefficient (Wildman–Crippen LogP) is 2.39. The van der Waals surface area contributed by atoms with Gasteiger partial charge in [0.05, 0.1) is 0 Å². The van der Waals surface area contributed by atoms with E-state index in [1.165, 1.54) is 11.1 Å². The number of rotatable bonds is 5. The zero-order chi connectivity index (χ0) is 13.8. The molecule has 1 aliphatic heterocycles. The Morgan fingerprint density at radius 1 is 1.32 bits per heavy atom. The summed E-state index contributed by atoms with van der Waals surface area (Å²) in [6, 6.07) is 6.20. The summed E-state index contributed by atoms with van der Waals surface area (Å²) in [4.78, 5) is 23.7. The van der Waals surface area contributed by atoms with Crippen molar-refractivity contribution in [2.75, 3.05) is 11.4 Å². The molecule has 0 saturated carbocycles. The Kier molecular flexibility index (Phi) is 4.20. The lowest BCUT2D eigenvalue weighted by Crippen LogP contribution is -2.25. The molecule has 0 spiro atoms. The van der Waals surface area contributed by atoms with Crippen molar-refractivity contribution in [2.45, 2.75) is 39.0 Å². The van der Waals surface area contributed by atoms with E-state index < -0.39 is 5.97 Å². The molecule has 1 heterocycles. The van der Waals surface area contributed by atoms with Crippen LogP contribution in [0.25, 0.3) is 0 Å². The molecule has 0 aromatic heterocycles. The molecule has 2 rings (SSSR count). The molecular formula is C15H19NO3. The van der Waals surface area contributed by atoms with Crippen molar-refractivity contribution >= 4 is 17.6 Å². The quantitative estimate of drug-likeness (QED) is 0.828. The highest BCUT2D eigenvalue weighted by molar-refractivity contribution is 5.93. The van der Waals surface area contributed by atoms with E-state index in [1.807, 2.05) is 17.0 Å². The van der Waals surface area contributed by atoms with Crippen molar-refractivity contribution in [2.24, 2.45) is 0 Å². The van der Waals surface area contributed by atoms with Gasteiger partial charge in [-0.15, -0.1) is 0 Å². The maximum absolute atomic E-state index is 11.4. The third-order valence-corrected chi connectivity index (χ3v) is 3.53. The van der Waals surface area contributed by atoms with Gasteiger partial charge >= 0.3 is 5.97 Å². The van der Waals surface area contributed by atoms with E-state index in [2.05, 4.69) is 6.07 Å². The van der Waals surface area contributed by atoms with Crippen molar-refractivity contribution in [3.05, 3.63) is 29.3 Å². The van der Waals surface area contributed by atoms with Gasteiger partial charge in [0.1, 0.15) is 0 Å². The number of nitrogens with zero attached hydrogens (tertiary/aromatic N) is 1. The van der Waals surface area contributed by atoms with Crippen molar-refractivity contribution < 1.29 is 14.7 Å². The molecule has 0 bridgehead atoms. The molecule has 0 aliphatic carbocycles. The van der Waals surface area contributed by atoms with Crippen molar-refractivity contribution in [3.8, 4) is 0 Å². The molecule has 4 heteroatoms. The number of amides is 1. The van der Waals surface area contributed by atoms with Crippen LogP contribution >= 0.6 is 0 Å². The number of carboxylic acid groups (broad SMARTS) is 1. The number of carbonyl (C=O) groups excluding carboxylic acids is 1. The zero-order valence-electron chi connectivity index (χ0n) is 11.2. The molecule has 1 aliphatic rings. The molecule has 0 atom stereocenters. The van der Waals surface area contributed by atoms with E-state index in [1.54, 1.807) is 6.92 Å². The smallest absolute Gasteiger partial charge is 0.303 e. The number of hydrogen-bond acceptors (Lipinski definition) is 2. The van der Waals surface area contributed by atoms with Gasteiger partial charge in [0, 0.05) is 25.6 Å². The van der Waals surface area contributed by atoms with E-state index in [9.17, 15) is 9.59 Å². The number of aryl methyl sites for hydroxylation is 1. The highest BCUT2D eigenvalue weighted by atomic mass is 16.4. The van der Waals surface area contributed by atoms with Crippen LogP contribution in [0.5, 0.6) is 0 Å². The summed E-state index contributed by atoms with van der Waals surface area (Å²) < 4.78 is 0. The molecule has 1 aromatic rings. The summed E-state index contributed by atoms with van der Waals surface area (Å²) in [5.41, 5.74) is 3.49. The largest absolute Gasteiger partial charge is 0.481 e. The average Bonchev–Trinajstić information content (AvgIpc) is 2.77. The normalized spacial score (nSPS) is 13.4. The highest BCUT2D eigenvalue weighted by Crippen LogP contribution is 2.29. The first kappa shape index (κ1) is 13.6. The van der Waals surface area contributed by atoms with Gasteiger partial charge in [-0.2, -0.15) is 0 Å². The third kappa shape index (κ3) is 3.34. The first-order chi connectivity index (χ1) is 9.08. The molecular weight excluding hydrogens is 242 g/mol. The molecule has 0 radical (unpaired) electrons. The van der Waals surface area contributed by atoms with Gasteiger partial charge in [0.15, 0.2) is 0 Å². The van der Waals surface area contributed by atoms with Crippen molar-refractivity contribution in [1.29, 1.82) is 0 Å². The average molecular weight is 261 g/mol. The second-order valence-electron chi connectivity index (χ2n) is 4.98. The van der Waals surface area contributed by atoms with E-state index in [0.717, 1.165) is 31.5 Å². The lowest BCUT2D eigenvalue weighted by atomic mass is 10.0. The van der Waals surface area contributed by atoms with Gasteiger partial charge in [-0.1, -0.05) is 12.1 Å². The number of hydrogen-bond donors (Lipinski definition) is 1. The topological polar surface area (TPSA) is 57.6 Å². The van der Waals surface area contributed by atoms with Gasteiger partial charge in [0.2, 0.25) is 5.91 Å². The third-order valence-electron chi connectivity index (χ3n) is 3.53. The Bertz CT molecular complexity index is 496. The van der Waals surface area contributed by atoms with E-state index in [0.29, 0.717) is 6.42 Å². The van der Waals surface area contributed by atoms with Crippen LogP contribution in [0, 0.1) is 0 Å². The second kappa shape index (κ2) is 5.87. The molecule has 1 N–H and O–H groups in total. The number of benzene rings is 1. The van der Waals surface area contributed by atoms with E-state index >= 15 is 0 Å². The van der Waals surface area contributed by atoms with Gasteiger partial charge in [-0.3, -0.25) is 9.59 Å². The Balaban J connectivity index is 1.95. The highest BCUT2D eigenvalue weighted by Gasteiger charge is 2.21. The van der Waals surface area contributed by atoms with Crippen LogP contribution in [0.3, 0.4) is 0 Å². The summed E-state index contributed by atoms with van der Waals surface area (Å²) >= 11 is 0. The lowest BCUT2D eigenvalue weighted by molar-refractivity contribution is -0.137. The van der Waals surface area contributed by atoms with Crippen LogP contribution in [0.2, 0.25) is 0 Å². The molecule has 102 valence electrons. The van der Waals surface area contributed by atoms with Crippen molar-refractivity contribution in [1.82, 2.24) is 0 Å². The minimum atomic E-state index is -0.731. The maximum atomic E-state index is 11.4. The van der Waals surface area contributed by atoms with E-state index in [-0.39, 0.29) is 12.3 Å². The van der Waals surface area contributed by atoms with Crippen LogP contribution in [0.1, 0.15) is 37.3 Å². The fourth-order valence-corrected chi connectivity index (χ4v) is 2.54. The summed E-state index contributed by atoms with van der Waals surface area (Å²) in [5, 5.41) is 8.58. The zero-order valence-corrected chi connectivity index (χ0v) is 11.2. The summed E-state index contributed by atoms with van der Waals surface area (Å²) in [7, 11) is 0. The minimum Gasteiger partial charge on any atom is -0.481 e. The molecule has 4 nitrogen and oxygen atoms in total. The van der Waals surface area contributed by atoms with Crippen LogP contribution in [-0.2, 0) is 22.4 Å². The summed E-state index contributed by atoms with van der Waals surface area (Å²) in [5.74, 6) is -0.640. The lowest BCUT2D eigenvalue weighted by Gasteiger charge is -2.14. The van der Waals surface area contributed by atoms with Crippen molar-refractivity contribution in [3.63, 3.8) is 0 Å². The molecule has 1 aromatic carbocycles. The summed E-state index contributed by atoms with van der Waals surface area (Å²) in [6.45, 7) is 2.36. The Morgan fingerprint density at radius 2 is 2.11 bits per heavy atom. The van der Waals surface area contributed by atoms with Crippen LogP contribution in [0.4, 0.5) is 5.69 Å². The Morgan fingerprint density at radius 3 is 2.79 bits per heavy atom. The number of carboxylic acids is 1. The number of unbranched alkanes of at least 4 members (excludes halogenated alkanes) is 1. The minimum absolute atomic E-state index is 0.0907. The number of carbonyl (C=O) groups is 2. The van der Waals surface area contributed by atoms with Crippen LogP contribution < -0.4 is 4.90 Å². The van der Waals surface area contributed by atoms with Gasteiger partial charge < -0.3 is 10.0 Å². The first-order valence-electron chi connectivity index (χ1n) is 6.69. The molecule has 19 heavy (non-hydrogen) atoms. The fraction of sp³-hybridized carbons (Fsp3) is 0.467. The standard InChI is InChI=1S/C15H19NO3/c1-11(17)16-9-8-13-10-12(6-7-14(13)16)4-2-3-5-15(18)19/h6-7,10H,2-5,8-9H2,1H3,(H,18,19). The Labute approximate surface area is 113 Å². The second-order valence-corrected chi connectivity index (χ2v) is 4.98. The molecule has 1 amide bonds. The Hall–Kier alpha value is -1.84. The van der Waals surface area contributed by atoms with Crippen LogP contribution in [-0.4, -0.2) is 23.5 Å². The molecule has 0 saturated heterocycles. The maximum Gasteiger partial charge on any atom is 0.303 e. The van der Waals surface area contributed by atoms with Gasteiger partial charge in [-0.05, 0) is 42.9 Å². The monoisotopic (exact) mass is 261 g/mol.